The first kappa shape index (κ1) is 21.3. The fourth-order valence-corrected chi connectivity index (χ4v) is 4.42. The molecule has 2 aliphatic rings. The van der Waals surface area contributed by atoms with Crippen LogP contribution < -0.4 is 10.1 Å². The maximum absolute atomic E-state index is 13.5. The van der Waals surface area contributed by atoms with Gasteiger partial charge in [0.25, 0.3) is 11.8 Å². The fraction of sp³-hybridized carbons (Fsp3) is 0.286. The van der Waals surface area contributed by atoms with E-state index in [0.29, 0.717) is 23.8 Å². The van der Waals surface area contributed by atoms with Crippen molar-refractivity contribution < 1.29 is 14.3 Å². The van der Waals surface area contributed by atoms with Crippen LogP contribution in [0.5, 0.6) is 5.75 Å². The van der Waals surface area contributed by atoms with Gasteiger partial charge in [0.1, 0.15) is 5.75 Å². The summed E-state index contributed by atoms with van der Waals surface area (Å²) in [4.78, 5) is 27.5. The van der Waals surface area contributed by atoms with E-state index in [1.54, 1.807) is 0 Å². The summed E-state index contributed by atoms with van der Waals surface area (Å²) in [7, 11) is 0. The molecule has 1 heterocycles. The predicted molar refractivity (Wildman–Crippen MR) is 127 cm³/mol. The number of carbonyl (C=O) groups excluding carboxylic acids is 2. The Morgan fingerprint density at radius 1 is 0.939 bits per heavy atom. The zero-order valence-electron chi connectivity index (χ0n) is 18.6. The lowest BCUT2D eigenvalue weighted by Crippen LogP contribution is -2.40. The summed E-state index contributed by atoms with van der Waals surface area (Å²) in [6.45, 7) is 1.37. The molecule has 1 aliphatic heterocycles. The molecule has 1 fully saturated rings. The Balaban J connectivity index is 1.41. The highest BCUT2D eigenvalue weighted by molar-refractivity contribution is 5.95. The molecule has 1 atom stereocenters. The Kier molecular flexibility index (Phi) is 6.11. The number of nitrogens with zero attached hydrogens (tertiary/aromatic N) is 1. The van der Waals surface area contributed by atoms with E-state index in [1.165, 1.54) is 18.4 Å². The van der Waals surface area contributed by atoms with E-state index < -0.39 is 0 Å². The van der Waals surface area contributed by atoms with Crippen molar-refractivity contribution in [1.29, 1.82) is 0 Å². The van der Waals surface area contributed by atoms with Gasteiger partial charge in [0.15, 0.2) is 6.61 Å². The normalized spacial score (nSPS) is 17.2. The predicted octanol–water partition coefficient (Wildman–Crippen LogP) is 4.38. The molecule has 5 rings (SSSR count). The Morgan fingerprint density at radius 3 is 2.39 bits per heavy atom. The van der Waals surface area contributed by atoms with Gasteiger partial charge in [-0.2, -0.15) is 0 Å². The largest absolute Gasteiger partial charge is 0.484 e. The van der Waals surface area contributed by atoms with Crippen LogP contribution in [0, 0.1) is 5.92 Å². The summed E-state index contributed by atoms with van der Waals surface area (Å²) in [6, 6.07) is 25.3. The second kappa shape index (κ2) is 9.49. The maximum Gasteiger partial charge on any atom is 0.257 e. The number of rotatable bonds is 7. The molecular weight excluding hydrogens is 412 g/mol. The zero-order chi connectivity index (χ0) is 22.6. The highest BCUT2D eigenvalue weighted by Crippen LogP contribution is 2.38. The summed E-state index contributed by atoms with van der Waals surface area (Å²) < 4.78 is 5.84. The number of fused-ring (bicyclic) bond motifs is 1. The lowest BCUT2D eigenvalue weighted by Gasteiger charge is -2.38. The molecule has 0 saturated heterocycles. The average Bonchev–Trinajstić information content (AvgIpc) is 3.70. The molecule has 33 heavy (non-hydrogen) atoms. The minimum absolute atomic E-state index is 0.00578. The number of ether oxygens (including phenoxy) is 1. The van der Waals surface area contributed by atoms with E-state index in [2.05, 4.69) is 23.5 Å². The Hall–Kier alpha value is -3.60. The van der Waals surface area contributed by atoms with Gasteiger partial charge in [0, 0.05) is 18.7 Å². The van der Waals surface area contributed by atoms with Crippen LogP contribution in [0.3, 0.4) is 0 Å². The number of carbonyl (C=O) groups is 2. The Bertz CT molecular complexity index is 1130. The fourth-order valence-electron chi connectivity index (χ4n) is 4.42. The van der Waals surface area contributed by atoms with Gasteiger partial charge in [0.05, 0.1) is 6.04 Å². The molecule has 1 N–H and O–H groups in total. The molecule has 1 unspecified atom stereocenters. The molecule has 5 nitrogen and oxygen atoms in total. The number of nitrogens with one attached hydrogen (secondary N) is 1. The Labute approximate surface area is 194 Å². The van der Waals surface area contributed by atoms with E-state index in [1.807, 2.05) is 65.6 Å². The molecule has 0 radical (unpaired) electrons. The van der Waals surface area contributed by atoms with Gasteiger partial charge < -0.3 is 15.0 Å². The molecule has 0 aromatic heterocycles. The van der Waals surface area contributed by atoms with Crippen LogP contribution in [0.15, 0.2) is 78.9 Å². The molecule has 0 bridgehead atoms. The van der Waals surface area contributed by atoms with Crippen molar-refractivity contribution in [3.63, 3.8) is 0 Å². The monoisotopic (exact) mass is 440 g/mol. The van der Waals surface area contributed by atoms with E-state index in [9.17, 15) is 9.59 Å². The summed E-state index contributed by atoms with van der Waals surface area (Å²) in [6.07, 6.45) is 3.18. The third-order valence-electron chi connectivity index (χ3n) is 6.40. The van der Waals surface area contributed by atoms with Gasteiger partial charge in [-0.15, -0.1) is 0 Å². The van der Waals surface area contributed by atoms with Crippen molar-refractivity contribution in [2.24, 2.45) is 5.92 Å². The lowest BCUT2D eigenvalue weighted by molar-refractivity contribution is -0.123. The van der Waals surface area contributed by atoms with Crippen LogP contribution in [0.4, 0.5) is 0 Å². The first-order valence-corrected chi connectivity index (χ1v) is 11.6. The second-order valence-corrected chi connectivity index (χ2v) is 8.82. The molecular formula is C28H28N2O3. The quantitative estimate of drug-likeness (QED) is 0.593. The van der Waals surface area contributed by atoms with Gasteiger partial charge in [-0.3, -0.25) is 9.59 Å². The summed E-state index contributed by atoms with van der Waals surface area (Å²) in [5.41, 5.74) is 3.99. The van der Waals surface area contributed by atoms with Gasteiger partial charge in [-0.25, -0.2) is 0 Å². The van der Waals surface area contributed by atoms with Crippen molar-refractivity contribution in [1.82, 2.24) is 10.2 Å². The van der Waals surface area contributed by atoms with Gasteiger partial charge >= 0.3 is 0 Å². The average molecular weight is 441 g/mol. The van der Waals surface area contributed by atoms with Crippen LogP contribution >= 0.6 is 0 Å². The van der Waals surface area contributed by atoms with Crippen LogP contribution in [0.25, 0.3) is 0 Å². The van der Waals surface area contributed by atoms with E-state index in [0.717, 1.165) is 24.1 Å². The summed E-state index contributed by atoms with van der Waals surface area (Å²) >= 11 is 0. The van der Waals surface area contributed by atoms with Crippen LogP contribution in [-0.2, 0) is 11.2 Å². The molecule has 3 aromatic carbocycles. The van der Waals surface area contributed by atoms with E-state index in [-0.39, 0.29) is 24.5 Å². The highest BCUT2D eigenvalue weighted by atomic mass is 16.5. The van der Waals surface area contributed by atoms with E-state index >= 15 is 0 Å². The van der Waals surface area contributed by atoms with Crippen molar-refractivity contribution in [2.45, 2.75) is 25.3 Å². The molecule has 0 spiro atoms. The van der Waals surface area contributed by atoms with Gasteiger partial charge in [-0.1, -0.05) is 54.6 Å². The third kappa shape index (κ3) is 4.92. The summed E-state index contributed by atoms with van der Waals surface area (Å²) in [5.74, 6) is 1.20. The van der Waals surface area contributed by atoms with Crippen LogP contribution in [0.2, 0.25) is 0 Å². The minimum Gasteiger partial charge on any atom is -0.484 e. The molecule has 2 amide bonds. The zero-order valence-corrected chi connectivity index (χ0v) is 18.6. The van der Waals surface area contributed by atoms with E-state index in [4.69, 9.17) is 4.74 Å². The van der Waals surface area contributed by atoms with Crippen molar-refractivity contribution in [3.8, 4) is 5.75 Å². The number of amides is 2. The first-order valence-electron chi connectivity index (χ1n) is 11.6. The van der Waals surface area contributed by atoms with Gasteiger partial charge in [-0.05, 0) is 66.1 Å². The third-order valence-corrected chi connectivity index (χ3v) is 6.40. The number of hydrogen-bond acceptors (Lipinski definition) is 3. The number of benzene rings is 3. The highest BCUT2D eigenvalue weighted by Gasteiger charge is 2.33. The maximum atomic E-state index is 13.5. The second-order valence-electron chi connectivity index (χ2n) is 8.82. The first-order chi connectivity index (χ1) is 16.2. The number of hydrogen-bond donors (Lipinski definition) is 1. The minimum atomic E-state index is -0.213. The molecule has 1 saturated carbocycles. The molecule has 1 aliphatic carbocycles. The topological polar surface area (TPSA) is 58.6 Å². The van der Waals surface area contributed by atoms with Crippen LogP contribution in [-0.4, -0.2) is 36.4 Å². The van der Waals surface area contributed by atoms with Gasteiger partial charge in [0.2, 0.25) is 0 Å². The standard InChI is InChI=1S/C28H28N2O3/c31-26(29-18-20-11-12-20)19-33-24-14-13-21-15-16-30(28(32)23-9-5-2-6-10-23)27(25(21)17-24)22-7-3-1-4-8-22/h1-10,13-14,17,20,27H,11-12,15-16,18-19H2,(H,29,31). The molecule has 3 aromatic rings. The van der Waals surface area contributed by atoms with Crippen molar-refractivity contribution >= 4 is 11.8 Å². The SMILES string of the molecule is O=C(COc1ccc2c(c1)C(c1ccccc1)N(C(=O)c1ccccc1)CC2)NCC1CC1. The lowest BCUT2D eigenvalue weighted by atomic mass is 9.87. The molecule has 5 heteroatoms. The van der Waals surface area contributed by atoms with Crippen LogP contribution in [0.1, 0.15) is 45.9 Å². The van der Waals surface area contributed by atoms with Crippen molar-refractivity contribution in [3.05, 3.63) is 101 Å². The Morgan fingerprint density at radius 2 is 1.67 bits per heavy atom. The van der Waals surface area contributed by atoms with Crippen molar-refractivity contribution in [2.75, 3.05) is 19.7 Å². The molecule has 168 valence electrons. The smallest absolute Gasteiger partial charge is 0.257 e. The summed E-state index contributed by atoms with van der Waals surface area (Å²) in [5, 5.41) is 2.94.